The molecule has 0 radical (unpaired) electrons. The van der Waals surface area contributed by atoms with Gasteiger partial charge in [-0.1, -0.05) is 68.4 Å². The van der Waals surface area contributed by atoms with Crippen LogP contribution in [0.15, 0.2) is 54.7 Å². The van der Waals surface area contributed by atoms with Crippen molar-refractivity contribution in [2.45, 2.75) is 50.8 Å². The highest BCUT2D eigenvalue weighted by Gasteiger charge is 2.32. The van der Waals surface area contributed by atoms with Crippen molar-refractivity contribution in [3.8, 4) is 12.3 Å². The van der Waals surface area contributed by atoms with E-state index in [0.717, 1.165) is 34.3 Å². The SMILES string of the molecule is C#CC(CC)(c1ccc(Cl)cc1)n1ccc2c(C(NS(C)(=O)=O)OCC[Si](C)(C)C)cccc21. The lowest BCUT2D eigenvalue weighted by atomic mass is 9.87. The van der Waals surface area contributed by atoms with Crippen molar-refractivity contribution in [2.75, 3.05) is 12.9 Å². The van der Waals surface area contributed by atoms with Crippen molar-refractivity contribution in [3.63, 3.8) is 0 Å². The van der Waals surface area contributed by atoms with E-state index < -0.39 is 29.9 Å². The maximum Gasteiger partial charge on any atom is 0.211 e. The van der Waals surface area contributed by atoms with E-state index in [2.05, 4.69) is 41.8 Å². The van der Waals surface area contributed by atoms with Gasteiger partial charge in [0, 0.05) is 36.8 Å². The smallest absolute Gasteiger partial charge is 0.211 e. The Kier molecular flexibility index (Phi) is 8.01. The van der Waals surface area contributed by atoms with Crippen LogP contribution in [0.1, 0.15) is 30.7 Å². The first-order chi connectivity index (χ1) is 15.9. The highest BCUT2D eigenvalue weighted by atomic mass is 35.5. The number of rotatable bonds is 10. The number of aromatic nitrogens is 1. The highest BCUT2D eigenvalue weighted by Crippen LogP contribution is 2.36. The lowest BCUT2D eigenvalue weighted by Gasteiger charge is -2.31. The Morgan fingerprint density at radius 2 is 1.85 bits per heavy atom. The lowest BCUT2D eigenvalue weighted by molar-refractivity contribution is 0.0552. The number of benzene rings is 2. The van der Waals surface area contributed by atoms with E-state index in [1.165, 1.54) is 0 Å². The molecule has 3 aromatic rings. The zero-order chi connectivity index (χ0) is 25.1. The summed E-state index contributed by atoms with van der Waals surface area (Å²) in [4.78, 5) is 0. The Hall–Kier alpha value is -2.08. The quantitative estimate of drug-likeness (QED) is 0.205. The molecule has 0 aliphatic rings. The Morgan fingerprint density at radius 3 is 2.41 bits per heavy atom. The summed E-state index contributed by atoms with van der Waals surface area (Å²) in [6, 6.07) is 16.3. The molecule has 0 amide bonds. The maximum atomic E-state index is 12.2. The summed E-state index contributed by atoms with van der Waals surface area (Å²) in [5, 5.41) is 1.54. The van der Waals surface area contributed by atoms with Gasteiger partial charge in [-0.05, 0) is 42.3 Å². The number of hydrogen-bond donors (Lipinski definition) is 1. The summed E-state index contributed by atoms with van der Waals surface area (Å²) in [5.74, 6) is 3.02. The largest absolute Gasteiger partial charge is 0.358 e. The normalized spacial score (nSPS) is 15.1. The molecule has 3 rings (SSSR count). The van der Waals surface area contributed by atoms with Crippen LogP contribution in [0.2, 0.25) is 30.7 Å². The molecule has 182 valence electrons. The molecule has 0 spiro atoms. The standard InChI is InChI=1S/C26H33ClN2O3SSi/c1-7-26(8-2,20-12-14-21(27)15-13-20)29-17-16-22-23(10-9-11-24(22)29)25(28-33(3,30)31)32-18-19-34(4,5)6/h1,9-17,25,28H,8,18-19H2,2-6H3. The average molecular weight is 517 g/mol. The molecule has 0 aliphatic heterocycles. The lowest BCUT2D eigenvalue weighted by Crippen LogP contribution is -2.32. The van der Waals surface area contributed by atoms with Gasteiger partial charge in [0.25, 0.3) is 0 Å². The van der Waals surface area contributed by atoms with Crippen molar-refractivity contribution >= 4 is 40.6 Å². The van der Waals surface area contributed by atoms with E-state index in [1.54, 1.807) is 0 Å². The fourth-order valence-corrected chi connectivity index (χ4v) is 5.55. The van der Waals surface area contributed by atoms with E-state index in [4.69, 9.17) is 22.8 Å². The molecule has 8 heteroatoms. The van der Waals surface area contributed by atoms with Gasteiger partial charge in [0.05, 0.1) is 11.8 Å². The van der Waals surface area contributed by atoms with Crippen LogP contribution in [0.5, 0.6) is 0 Å². The number of terminal acetylenes is 1. The van der Waals surface area contributed by atoms with Gasteiger partial charge in [-0.2, -0.15) is 4.72 Å². The number of ether oxygens (including phenoxy) is 1. The van der Waals surface area contributed by atoms with Gasteiger partial charge in [0.15, 0.2) is 0 Å². The second kappa shape index (κ2) is 10.3. The summed E-state index contributed by atoms with van der Waals surface area (Å²) in [7, 11) is -4.85. The molecule has 2 atom stereocenters. The predicted molar refractivity (Wildman–Crippen MR) is 144 cm³/mol. The van der Waals surface area contributed by atoms with Crippen molar-refractivity contribution in [1.82, 2.24) is 9.29 Å². The van der Waals surface area contributed by atoms with Crippen molar-refractivity contribution in [3.05, 3.63) is 70.9 Å². The first-order valence-corrected chi connectivity index (χ1v) is 17.3. The van der Waals surface area contributed by atoms with Crippen molar-refractivity contribution in [2.24, 2.45) is 0 Å². The van der Waals surface area contributed by atoms with E-state index in [9.17, 15) is 8.42 Å². The molecule has 0 fully saturated rings. The summed E-state index contributed by atoms with van der Waals surface area (Å²) < 4.78 is 35.2. The molecule has 0 saturated carbocycles. The Bertz CT molecular complexity index is 1290. The van der Waals surface area contributed by atoms with Gasteiger partial charge >= 0.3 is 0 Å². The molecular weight excluding hydrogens is 484 g/mol. The van der Waals surface area contributed by atoms with Crippen LogP contribution in [-0.4, -0.2) is 33.9 Å². The van der Waals surface area contributed by atoms with Crippen molar-refractivity contribution in [1.29, 1.82) is 0 Å². The molecule has 1 aromatic heterocycles. The second-order valence-corrected chi connectivity index (χ2v) is 17.6. The number of sulfonamides is 1. The number of fused-ring (bicyclic) bond motifs is 1. The number of nitrogens with zero attached hydrogens (tertiary/aromatic N) is 1. The van der Waals surface area contributed by atoms with E-state index in [1.807, 2.05) is 54.7 Å². The van der Waals surface area contributed by atoms with Gasteiger partial charge in [0.1, 0.15) is 11.8 Å². The van der Waals surface area contributed by atoms with Crippen LogP contribution in [0.25, 0.3) is 10.9 Å². The van der Waals surface area contributed by atoms with Gasteiger partial charge in [0.2, 0.25) is 10.0 Å². The summed E-state index contributed by atoms with van der Waals surface area (Å²) >= 11 is 6.12. The topological polar surface area (TPSA) is 60.3 Å². The number of halogens is 1. The van der Waals surface area contributed by atoms with Crippen LogP contribution in [0.4, 0.5) is 0 Å². The minimum atomic E-state index is -3.50. The summed E-state index contributed by atoms with van der Waals surface area (Å²) in [5.41, 5.74) is 1.90. The Morgan fingerprint density at radius 1 is 1.18 bits per heavy atom. The van der Waals surface area contributed by atoms with E-state index in [0.29, 0.717) is 18.1 Å². The Labute approximate surface area is 209 Å². The molecule has 34 heavy (non-hydrogen) atoms. The molecule has 1 heterocycles. The minimum Gasteiger partial charge on any atom is -0.358 e. The van der Waals surface area contributed by atoms with E-state index in [-0.39, 0.29) is 0 Å². The predicted octanol–water partition coefficient (Wildman–Crippen LogP) is 5.98. The van der Waals surface area contributed by atoms with Gasteiger partial charge in [-0.15, -0.1) is 6.42 Å². The van der Waals surface area contributed by atoms with Crippen LogP contribution < -0.4 is 4.72 Å². The van der Waals surface area contributed by atoms with Crippen LogP contribution >= 0.6 is 11.6 Å². The fraction of sp³-hybridized carbons (Fsp3) is 0.385. The summed E-state index contributed by atoms with van der Waals surface area (Å²) in [6.07, 6.45) is 9.13. The second-order valence-electron chi connectivity index (χ2n) is 9.78. The number of hydrogen-bond acceptors (Lipinski definition) is 3. The molecule has 2 unspecified atom stereocenters. The Balaban J connectivity index is 2.11. The molecule has 2 aromatic carbocycles. The molecule has 1 N–H and O–H groups in total. The molecular formula is C26H33ClN2O3SSi. The third-order valence-electron chi connectivity index (χ3n) is 5.99. The van der Waals surface area contributed by atoms with Gasteiger partial charge < -0.3 is 9.30 Å². The third kappa shape index (κ3) is 5.94. The first-order valence-electron chi connectivity index (χ1n) is 11.3. The molecule has 0 saturated heterocycles. The maximum absolute atomic E-state index is 12.2. The van der Waals surface area contributed by atoms with E-state index >= 15 is 0 Å². The van der Waals surface area contributed by atoms with Crippen LogP contribution in [-0.2, 0) is 20.3 Å². The monoisotopic (exact) mass is 516 g/mol. The van der Waals surface area contributed by atoms with Crippen molar-refractivity contribution < 1.29 is 13.2 Å². The molecule has 0 bridgehead atoms. The van der Waals surface area contributed by atoms with Gasteiger partial charge in [-0.25, -0.2) is 8.42 Å². The fourth-order valence-electron chi connectivity index (χ4n) is 4.11. The first kappa shape index (κ1) is 26.5. The number of nitrogens with one attached hydrogen (secondary N) is 1. The average Bonchev–Trinajstić information content (AvgIpc) is 3.19. The zero-order valence-electron chi connectivity index (χ0n) is 20.4. The van der Waals surface area contributed by atoms with Crippen LogP contribution in [0.3, 0.4) is 0 Å². The zero-order valence-corrected chi connectivity index (χ0v) is 23.0. The molecule has 0 aliphatic carbocycles. The van der Waals surface area contributed by atoms with Crippen LogP contribution in [0, 0.1) is 12.3 Å². The highest BCUT2D eigenvalue weighted by molar-refractivity contribution is 7.88. The minimum absolute atomic E-state index is 0.480. The molecule has 5 nitrogen and oxygen atoms in total. The van der Waals surface area contributed by atoms with Gasteiger partial charge in [-0.3, -0.25) is 0 Å². The third-order valence-corrected chi connectivity index (χ3v) is 8.59. The summed E-state index contributed by atoms with van der Waals surface area (Å²) in [6.45, 7) is 9.32.